The molecule has 2 rings (SSSR count). The van der Waals surface area contributed by atoms with Gasteiger partial charge < -0.3 is 25.3 Å². The van der Waals surface area contributed by atoms with Crippen LogP contribution in [-0.2, 0) is 14.4 Å². The largest absolute Gasteiger partial charge is 0.391 e. The molecule has 1 heterocycles. The summed E-state index contributed by atoms with van der Waals surface area (Å²) in [6, 6.07) is 5.02. The summed E-state index contributed by atoms with van der Waals surface area (Å²) in [5, 5.41) is 21.7. The number of aliphatic imine (C=N–C) groups is 1. The molecule has 0 aromatic heterocycles. The Morgan fingerprint density at radius 3 is 2.16 bits per heavy atom. The molecular weight excluding hydrogens is 488 g/mol. The number of benzene rings is 1. The number of aliphatic hydroxyl groups is 2. The molecule has 0 radical (unpaired) electrons. The van der Waals surface area contributed by atoms with E-state index >= 15 is 0 Å². The number of carbonyl (C=O) groups excluding carboxylic acids is 3. The number of nitrogens with zero attached hydrogens (tertiary/aromatic N) is 2. The Balaban J connectivity index is 0.00000326. The molecule has 38 heavy (non-hydrogen) atoms. The second-order valence-electron chi connectivity index (χ2n) is 9.38. The highest BCUT2D eigenvalue weighted by atomic mass is 16.7. The lowest BCUT2D eigenvalue weighted by molar-refractivity contribution is -0.146. The van der Waals surface area contributed by atoms with Crippen molar-refractivity contribution in [1.29, 1.82) is 0 Å². The molecule has 3 atom stereocenters. The lowest BCUT2D eigenvalue weighted by Crippen LogP contribution is -2.58. The van der Waals surface area contributed by atoms with Gasteiger partial charge in [-0.1, -0.05) is 60.6 Å². The predicted molar refractivity (Wildman–Crippen MR) is 150 cm³/mol. The fourth-order valence-electron chi connectivity index (χ4n) is 3.60. The van der Waals surface area contributed by atoms with Crippen molar-refractivity contribution in [2.24, 2.45) is 10.4 Å². The van der Waals surface area contributed by atoms with E-state index in [4.69, 9.17) is 9.94 Å². The first kappa shape index (κ1) is 34.8. The van der Waals surface area contributed by atoms with Gasteiger partial charge in [0.1, 0.15) is 18.7 Å². The Kier molecular flexibility index (Phi) is 15.2. The number of hydroxylamine groups is 1. The zero-order chi connectivity index (χ0) is 29.6. The Morgan fingerprint density at radius 1 is 1.13 bits per heavy atom. The molecule has 1 aromatic carbocycles. The van der Waals surface area contributed by atoms with Crippen LogP contribution in [0.4, 0.5) is 0 Å². The number of carbonyl (C=O) groups is 3. The number of aliphatic hydroxyl groups excluding tert-OH is 2. The highest BCUT2D eigenvalue weighted by Gasteiger charge is 2.44. The first-order valence-corrected chi connectivity index (χ1v) is 13.0. The average molecular weight is 535 g/mol. The molecule has 1 aliphatic rings. The second-order valence-corrected chi connectivity index (χ2v) is 9.38. The van der Waals surface area contributed by atoms with Gasteiger partial charge in [0, 0.05) is 18.7 Å². The smallest absolute Gasteiger partial charge is 0.275 e. The molecule has 214 valence electrons. The van der Waals surface area contributed by atoms with Gasteiger partial charge in [0.25, 0.3) is 5.91 Å². The number of amides is 3. The van der Waals surface area contributed by atoms with E-state index in [0.29, 0.717) is 5.75 Å². The van der Waals surface area contributed by atoms with Gasteiger partial charge in [-0.3, -0.25) is 19.4 Å². The molecule has 4 N–H and O–H groups in total. The van der Waals surface area contributed by atoms with Crippen LogP contribution < -0.4 is 15.6 Å². The van der Waals surface area contributed by atoms with Gasteiger partial charge in [-0.15, -0.1) is 0 Å². The molecule has 0 saturated carbocycles. The molecule has 1 aromatic rings. The summed E-state index contributed by atoms with van der Waals surface area (Å²) in [7, 11) is 0. The first-order valence-electron chi connectivity index (χ1n) is 13.0. The van der Waals surface area contributed by atoms with Gasteiger partial charge in [0.15, 0.2) is 5.75 Å². The van der Waals surface area contributed by atoms with Crippen molar-refractivity contribution in [2.75, 3.05) is 13.2 Å². The third-order valence-electron chi connectivity index (χ3n) is 5.76. The fraction of sp³-hybridized carbons (Fsp3) is 0.571. The van der Waals surface area contributed by atoms with Gasteiger partial charge >= 0.3 is 0 Å². The summed E-state index contributed by atoms with van der Waals surface area (Å²) in [5.74, 6) is -1.44. The molecule has 3 amide bonds. The summed E-state index contributed by atoms with van der Waals surface area (Å²) < 4.78 is 0. The number of allylic oxidation sites excluding steroid dienone is 2. The molecule has 0 spiro atoms. The SMILES string of the molecule is C=N/C(C)=C(\C)c1ccc(ONC(=O)C2C[C@@H](O)CN2C(=O)C(NC(=O)CO)C(C)(C)C)cc1.CC.CC. The van der Waals surface area contributed by atoms with Gasteiger partial charge in [0.05, 0.1) is 6.10 Å². The number of nitrogens with one attached hydrogen (secondary N) is 2. The third kappa shape index (κ3) is 9.90. The maximum absolute atomic E-state index is 13.2. The number of hydrogen-bond acceptors (Lipinski definition) is 7. The Hall–Kier alpha value is -3.24. The van der Waals surface area contributed by atoms with Gasteiger partial charge in [-0.2, -0.15) is 5.48 Å². The van der Waals surface area contributed by atoms with Crippen LogP contribution in [0.5, 0.6) is 5.75 Å². The number of hydrogen-bond donors (Lipinski definition) is 4. The predicted octanol–water partition coefficient (Wildman–Crippen LogP) is 3.09. The maximum atomic E-state index is 13.2. The molecule has 0 bridgehead atoms. The fourth-order valence-corrected chi connectivity index (χ4v) is 3.60. The molecule has 1 saturated heterocycles. The zero-order valence-corrected chi connectivity index (χ0v) is 24.3. The maximum Gasteiger partial charge on any atom is 0.275 e. The van der Waals surface area contributed by atoms with Crippen LogP contribution in [0.1, 0.15) is 74.3 Å². The first-order chi connectivity index (χ1) is 17.9. The van der Waals surface area contributed by atoms with Crippen LogP contribution in [-0.4, -0.2) is 70.9 Å². The van der Waals surface area contributed by atoms with Crippen LogP contribution in [0.25, 0.3) is 5.57 Å². The standard InChI is InChI=1S/C24H34N4O6.2C2H6/c1-14(15(2)25-6)16-7-9-18(10-8-16)34-27-22(32)19-11-17(30)12-28(19)23(33)21(24(3,4)5)26-20(31)13-29;2*1-2/h7-10,17,19,21,29-30H,6,11-13H2,1-5H3,(H,26,31)(H,27,32);2*1-2H3/b15-14+;;/t17-,19?,21?;;/m1../s1. The van der Waals surface area contributed by atoms with Crippen molar-refractivity contribution in [3.63, 3.8) is 0 Å². The van der Waals surface area contributed by atoms with Crippen LogP contribution >= 0.6 is 0 Å². The van der Waals surface area contributed by atoms with E-state index in [1.807, 2.05) is 53.7 Å². The van der Waals surface area contributed by atoms with Crippen molar-refractivity contribution in [1.82, 2.24) is 15.7 Å². The van der Waals surface area contributed by atoms with E-state index in [-0.39, 0.29) is 13.0 Å². The van der Waals surface area contributed by atoms with E-state index < -0.39 is 47.9 Å². The van der Waals surface area contributed by atoms with Gasteiger partial charge in [-0.25, -0.2) is 0 Å². The summed E-state index contributed by atoms with van der Waals surface area (Å²) in [6.07, 6.45) is -0.868. The highest BCUT2D eigenvalue weighted by Crippen LogP contribution is 2.26. The van der Waals surface area contributed by atoms with Crippen LogP contribution in [0.15, 0.2) is 35.0 Å². The van der Waals surface area contributed by atoms with Crippen molar-refractivity contribution < 1.29 is 29.4 Å². The lowest BCUT2D eigenvalue weighted by Gasteiger charge is -2.35. The van der Waals surface area contributed by atoms with Crippen molar-refractivity contribution in [3.05, 3.63) is 35.5 Å². The molecule has 1 fully saturated rings. The average Bonchev–Trinajstić information content (AvgIpc) is 3.32. The number of β-amino-alcohol motifs (C(OH)–C–C–N with tert-alkyl or cyclic N) is 1. The topological polar surface area (TPSA) is 141 Å². The minimum absolute atomic E-state index is 0.0303. The molecule has 0 aliphatic carbocycles. The van der Waals surface area contributed by atoms with Crippen molar-refractivity contribution >= 4 is 30.0 Å². The normalized spacial score (nSPS) is 17.9. The Labute approximate surface area is 227 Å². The Bertz CT molecular complexity index is 953. The van der Waals surface area contributed by atoms with Crippen molar-refractivity contribution in [2.45, 2.75) is 86.9 Å². The zero-order valence-electron chi connectivity index (χ0n) is 24.3. The van der Waals surface area contributed by atoms with E-state index in [1.165, 1.54) is 4.90 Å². The monoisotopic (exact) mass is 534 g/mol. The quantitative estimate of drug-likeness (QED) is 0.298. The lowest BCUT2D eigenvalue weighted by atomic mass is 9.85. The summed E-state index contributed by atoms with van der Waals surface area (Å²) >= 11 is 0. The number of rotatable bonds is 8. The third-order valence-corrected chi connectivity index (χ3v) is 5.76. The molecular formula is C28H46N4O6. The van der Waals surface area contributed by atoms with Crippen LogP contribution in [0, 0.1) is 5.41 Å². The van der Waals surface area contributed by atoms with E-state index in [9.17, 15) is 19.5 Å². The molecule has 1 aliphatic heterocycles. The van der Waals surface area contributed by atoms with Gasteiger partial charge in [0.2, 0.25) is 11.8 Å². The molecule has 10 nitrogen and oxygen atoms in total. The summed E-state index contributed by atoms with van der Waals surface area (Å²) in [4.78, 5) is 48.4. The summed E-state index contributed by atoms with van der Waals surface area (Å²) in [5.41, 5.74) is 4.34. The van der Waals surface area contributed by atoms with E-state index in [0.717, 1.165) is 16.8 Å². The van der Waals surface area contributed by atoms with Crippen LogP contribution in [0.3, 0.4) is 0 Å². The molecule has 10 heteroatoms. The van der Waals surface area contributed by atoms with Crippen LogP contribution in [0.2, 0.25) is 0 Å². The van der Waals surface area contributed by atoms with E-state index in [2.05, 4.69) is 22.5 Å². The summed E-state index contributed by atoms with van der Waals surface area (Å²) in [6.45, 7) is 19.7. The minimum atomic E-state index is -0.994. The Morgan fingerprint density at radius 2 is 1.68 bits per heavy atom. The number of likely N-dealkylation sites (tertiary alicyclic amines) is 1. The van der Waals surface area contributed by atoms with Gasteiger partial charge in [-0.05, 0) is 49.2 Å². The second kappa shape index (κ2) is 16.6. The molecule has 2 unspecified atom stereocenters. The minimum Gasteiger partial charge on any atom is -0.391 e. The van der Waals surface area contributed by atoms with Crippen molar-refractivity contribution in [3.8, 4) is 5.75 Å². The highest BCUT2D eigenvalue weighted by molar-refractivity contribution is 5.93. The van der Waals surface area contributed by atoms with E-state index in [1.54, 1.807) is 32.9 Å².